The zero-order valence-corrected chi connectivity index (χ0v) is 18.5. The highest BCUT2D eigenvalue weighted by Gasteiger charge is 2.15. The lowest BCUT2D eigenvalue weighted by Crippen LogP contribution is -2.27. The third-order valence-corrected chi connectivity index (χ3v) is 5.50. The Morgan fingerprint density at radius 1 is 1.06 bits per heavy atom. The number of fused-ring (bicyclic) bond motifs is 1. The topological polar surface area (TPSA) is 64.7 Å². The molecule has 164 valence electrons. The van der Waals surface area contributed by atoms with Crippen molar-refractivity contribution < 1.29 is 4.74 Å². The van der Waals surface area contributed by atoms with Gasteiger partial charge in [-0.2, -0.15) is 5.10 Å². The monoisotopic (exact) mass is 449 g/mol. The van der Waals surface area contributed by atoms with Crippen molar-refractivity contribution in [3.63, 3.8) is 0 Å². The summed E-state index contributed by atoms with van der Waals surface area (Å²) in [7, 11) is 2.05. The van der Waals surface area contributed by atoms with Crippen LogP contribution in [0.1, 0.15) is 5.56 Å². The molecular weight excluding hydrogens is 426 g/mol. The van der Waals surface area contributed by atoms with Crippen molar-refractivity contribution in [1.82, 2.24) is 19.2 Å². The van der Waals surface area contributed by atoms with Crippen LogP contribution in [0.4, 0.5) is 0 Å². The molecule has 0 spiro atoms. The summed E-state index contributed by atoms with van der Waals surface area (Å²) >= 11 is 0. The van der Waals surface area contributed by atoms with Crippen molar-refractivity contribution in [3.8, 4) is 11.4 Å². The number of hydrogen-bond donors (Lipinski definition) is 0. The lowest BCUT2D eigenvalue weighted by Gasteiger charge is -2.14. The molecule has 0 aliphatic carbocycles. The normalized spacial score (nSPS) is 13.2. The highest BCUT2D eigenvalue weighted by molar-refractivity contribution is 5.86. The van der Waals surface area contributed by atoms with E-state index in [0.717, 1.165) is 41.1 Å². The summed E-state index contributed by atoms with van der Waals surface area (Å²) in [5, 5.41) is 5.50. The van der Waals surface area contributed by atoms with Crippen LogP contribution < -0.4 is 10.3 Å². The number of aromatic nitrogens is 3. The van der Waals surface area contributed by atoms with Crippen LogP contribution in [0.5, 0.6) is 5.75 Å². The van der Waals surface area contributed by atoms with E-state index in [2.05, 4.69) is 22.0 Å². The Kier molecular flexibility index (Phi) is 6.28. The molecular formula is C24H24ClN5O2. The van der Waals surface area contributed by atoms with Crippen LogP contribution in [0.3, 0.4) is 0 Å². The summed E-state index contributed by atoms with van der Waals surface area (Å²) in [6.07, 6.45) is 3.58. The van der Waals surface area contributed by atoms with Gasteiger partial charge in [-0.3, -0.25) is 19.0 Å². The Bertz CT molecular complexity index is 1310. The molecule has 4 aromatic rings. The van der Waals surface area contributed by atoms with Gasteiger partial charge in [-0.25, -0.2) is 0 Å². The fourth-order valence-corrected chi connectivity index (χ4v) is 3.74. The van der Waals surface area contributed by atoms with Gasteiger partial charge < -0.3 is 9.64 Å². The molecule has 0 atom stereocenters. The number of halogens is 1. The molecule has 0 fully saturated rings. The summed E-state index contributed by atoms with van der Waals surface area (Å²) in [6.45, 7) is 2.86. The number of pyridine rings is 1. The molecule has 7 nitrogen and oxygen atoms in total. The van der Waals surface area contributed by atoms with E-state index in [4.69, 9.17) is 4.74 Å². The van der Waals surface area contributed by atoms with Crippen molar-refractivity contribution in [3.05, 3.63) is 89.0 Å². The second-order valence-corrected chi connectivity index (χ2v) is 7.61. The van der Waals surface area contributed by atoms with Gasteiger partial charge in [0.1, 0.15) is 18.2 Å². The lowest BCUT2D eigenvalue weighted by molar-refractivity contribution is 0.305. The molecule has 0 bridgehead atoms. The SMILES string of the molecule is CN1CCN=C1Cn1ncc2cc(-n3ccc(OCc4ccccc4)cc3=O)ccc21.Cl. The summed E-state index contributed by atoms with van der Waals surface area (Å²) < 4.78 is 9.33. The van der Waals surface area contributed by atoms with E-state index in [0.29, 0.717) is 18.9 Å². The maximum absolute atomic E-state index is 12.7. The molecule has 0 saturated heterocycles. The number of hydrogen-bond acceptors (Lipinski definition) is 5. The Morgan fingerprint density at radius 3 is 2.66 bits per heavy atom. The first-order chi connectivity index (χ1) is 15.2. The zero-order valence-electron chi connectivity index (χ0n) is 17.7. The largest absolute Gasteiger partial charge is 0.489 e. The summed E-state index contributed by atoms with van der Waals surface area (Å²) in [6, 6.07) is 19.1. The van der Waals surface area contributed by atoms with Gasteiger partial charge in [-0.05, 0) is 29.8 Å². The van der Waals surface area contributed by atoms with Gasteiger partial charge in [0.05, 0.1) is 24.8 Å². The molecule has 0 unspecified atom stereocenters. The van der Waals surface area contributed by atoms with E-state index in [1.54, 1.807) is 10.8 Å². The summed E-state index contributed by atoms with van der Waals surface area (Å²) in [5.74, 6) is 1.59. The van der Waals surface area contributed by atoms with Gasteiger partial charge in [-0.15, -0.1) is 12.4 Å². The van der Waals surface area contributed by atoms with Crippen LogP contribution in [0.25, 0.3) is 16.6 Å². The maximum Gasteiger partial charge on any atom is 0.258 e. The van der Waals surface area contributed by atoms with Gasteiger partial charge in [-0.1, -0.05) is 30.3 Å². The molecule has 32 heavy (non-hydrogen) atoms. The highest BCUT2D eigenvalue weighted by atomic mass is 35.5. The number of rotatable bonds is 6. The average molecular weight is 450 g/mol. The van der Waals surface area contributed by atoms with Crippen molar-refractivity contribution in [1.29, 1.82) is 0 Å². The molecule has 0 radical (unpaired) electrons. The summed E-state index contributed by atoms with van der Waals surface area (Å²) in [5.41, 5.74) is 2.73. The van der Waals surface area contributed by atoms with E-state index < -0.39 is 0 Å². The molecule has 2 aromatic carbocycles. The van der Waals surface area contributed by atoms with Crippen LogP contribution in [0, 0.1) is 0 Å². The van der Waals surface area contributed by atoms with Crippen LogP contribution in [0.2, 0.25) is 0 Å². The van der Waals surface area contributed by atoms with Crippen LogP contribution >= 0.6 is 12.4 Å². The van der Waals surface area contributed by atoms with Crippen molar-refractivity contribution >= 4 is 29.1 Å². The molecule has 0 saturated carbocycles. The average Bonchev–Trinajstić information content (AvgIpc) is 3.39. The molecule has 1 aliphatic rings. The third-order valence-electron chi connectivity index (χ3n) is 5.50. The second kappa shape index (κ2) is 9.28. The third kappa shape index (κ3) is 4.38. The number of aliphatic imine (C=N–C) groups is 1. The molecule has 5 rings (SSSR count). The van der Waals surface area contributed by atoms with Crippen LogP contribution in [-0.2, 0) is 13.2 Å². The van der Waals surface area contributed by atoms with E-state index in [-0.39, 0.29) is 18.0 Å². The molecule has 1 aliphatic heterocycles. The maximum atomic E-state index is 12.7. The first-order valence-corrected chi connectivity index (χ1v) is 10.3. The number of amidine groups is 1. The Balaban J connectivity index is 0.00000245. The fourth-order valence-electron chi connectivity index (χ4n) is 3.74. The predicted octanol–water partition coefficient (Wildman–Crippen LogP) is 3.53. The quantitative estimate of drug-likeness (QED) is 0.451. The minimum absolute atomic E-state index is 0. The van der Waals surface area contributed by atoms with Crippen molar-refractivity contribution in [2.24, 2.45) is 4.99 Å². The molecule has 0 N–H and O–H groups in total. The van der Waals surface area contributed by atoms with Crippen molar-refractivity contribution in [2.75, 3.05) is 20.1 Å². The van der Waals surface area contributed by atoms with E-state index in [1.807, 2.05) is 65.5 Å². The Hall–Kier alpha value is -3.58. The molecule has 2 aromatic heterocycles. The molecule has 0 amide bonds. The van der Waals surface area contributed by atoms with Gasteiger partial charge in [0.25, 0.3) is 5.56 Å². The molecule has 3 heterocycles. The number of nitrogens with zero attached hydrogens (tertiary/aromatic N) is 5. The van der Waals surface area contributed by atoms with Gasteiger partial charge in [0, 0.05) is 36.9 Å². The standard InChI is InChI=1S/C24H23N5O2.ClH/c1-27-12-10-25-23(27)16-29-22-8-7-20(13-19(22)15-26-29)28-11-9-21(14-24(28)30)31-17-18-5-3-2-4-6-18;/h2-9,11,13-15H,10,12,16-17H2,1H3;1H. The van der Waals surface area contributed by atoms with Crippen LogP contribution in [-0.4, -0.2) is 45.2 Å². The van der Waals surface area contributed by atoms with E-state index >= 15 is 0 Å². The van der Waals surface area contributed by atoms with Gasteiger partial charge in [0.2, 0.25) is 0 Å². The highest BCUT2D eigenvalue weighted by Crippen LogP contribution is 2.19. The Morgan fingerprint density at radius 2 is 1.91 bits per heavy atom. The minimum Gasteiger partial charge on any atom is -0.489 e. The number of likely N-dealkylation sites (N-methyl/N-ethyl adjacent to an activating group) is 1. The van der Waals surface area contributed by atoms with Gasteiger partial charge >= 0.3 is 0 Å². The number of benzene rings is 2. The number of ether oxygens (including phenoxy) is 1. The Labute approximate surface area is 192 Å². The fraction of sp³-hybridized carbons (Fsp3) is 0.208. The van der Waals surface area contributed by atoms with E-state index in [1.165, 1.54) is 6.07 Å². The van der Waals surface area contributed by atoms with Gasteiger partial charge in [0.15, 0.2) is 0 Å². The summed E-state index contributed by atoms with van der Waals surface area (Å²) in [4.78, 5) is 19.4. The first kappa shape index (κ1) is 21.6. The first-order valence-electron chi connectivity index (χ1n) is 10.3. The second-order valence-electron chi connectivity index (χ2n) is 7.61. The van der Waals surface area contributed by atoms with Crippen LogP contribution in [0.15, 0.2) is 82.8 Å². The smallest absolute Gasteiger partial charge is 0.258 e. The lowest BCUT2D eigenvalue weighted by atomic mass is 10.2. The zero-order chi connectivity index (χ0) is 21.2. The molecule has 8 heteroatoms. The van der Waals surface area contributed by atoms with E-state index in [9.17, 15) is 4.79 Å². The predicted molar refractivity (Wildman–Crippen MR) is 128 cm³/mol. The minimum atomic E-state index is -0.140. The van der Waals surface area contributed by atoms with Crippen molar-refractivity contribution in [2.45, 2.75) is 13.2 Å².